The van der Waals surface area contributed by atoms with Crippen LogP contribution in [-0.2, 0) is 11.2 Å². The number of guanidine groups is 1. The highest BCUT2D eigenvalue weighted by atomic mass is 32.1. The van der Waals surface area contributed by atoms with Crippen LogP contribution in [0, 0.1) is 5.41 Å². The molecule has 1 aromatic heterocycles. The number of fused-ring (bicyclic) bond motifs is 1. The molecule has 5 N–H and O–H groups in total. The molecule has 7 heteroatoms. The number of hydrogen-bond acceptors (Lipinski definition) is 4. The van der Waals surface area contributed by atoms with Crippen LogP contribution in [0.4, 0.5) is 5.13 Å². The second-order valence-electron chi connectivity index (χ2n) is 4.34. The predicted molar refractivity (Wildman–Crippen MR) is 76.5 cm³/mol. The number of nitrogens with two attached hydrogens (primary N) is 1. The smallest absolute Gasteiger partial charge is 0.229 e. The van der Waals surface area contributed by atoms with Crippen LogP contribution in [0.15, 0.2) is 12.7 Å². The molecule has 0 fully saturated rings. The van der Waals surface area contributed by atoms with Crippen LogP contribution >= 0.6 is 11.3 Å². The van der Waals surface area contributed by atoms with Gasteiger partial charge in [-0.3, -0.25) is 10.2 Å². The van der Waals surface area contributed by atoms with E-state index < -0.39 is 0 Å². The first kappa shape index (κ1) is 13.5. The van der Waals surface area contributed by atoms with Gasteiger partial charge in [0.15, 0.2) is 11.1 Å². The molecule has 1 atom stereocenters. The SMILES string of the molecule is C=CCNC(=O)C1CCCc2sc(NC(=N)N)nc21. The van der Waals surface area contributed by atoms with Crippen LogP contribution in [0.25, 0.3) is 0 Å². The Bertz CT molecular complexity index is 510. The van der Waals surface area contributed by atoms with Crippen molar-refractivity contribution < 1.29 is 4.79 Å². The predicted octanol–water partition coefficient (Wildman–Crippen LogP) is 1.17. The van der Waals surface area contributed by atoms with Gasteiger partial charge in [-0.25, -0.2) is 4.98 Å². The monoisotopic (exact) mass is 279 g/mol. The van der Waals surface area contributed by atoms with E-state index >= 15 is 0 Å². The Kier molecular flexibility index (Phi) is 4.16. The van der Waals surface area contributed by atoms with Gasteiger partial charge in [0.1, 0.15) is 0 Å². The molecular weight excluding hydrogens is 262 g/mol. The van der Waals surface area contributed by atoms with Crippen molar-refractivity contribution >= 4 is 28.3 Å². The summed E-state index contributed by atoms with van der Waals surface area (Å²) < 4.78 is 0. The van der Waals surface area contributed by atoms with E-state index in [0.29, 0.717) is 11.7 Å². The van der Waals surface area contributed by atoms with Gasteiger partial charge in [0.25, 0.3) is 0 Å². The molecule has 0 saturated carbocycles. The van der Waals surface area contributed by atoms with E-state index in [-0.39, 0.29) is 17.8 Å². The molecule has 1 amide bonds. The van der Waals surface area contributed by atoms with E-state index in [2.05, 4.69) is 22.2 Å². The highest BCUT2D eigenvalue weighted by Crippen LogP contribution is 2.36. The van der Waals surface area contributed by atoms with Crippen molar-refractivity contribution in [1.29, 1.82) is 5.41 Å². The van der Waals surface area contributed by atoms with Crippen LogP contribution in [-0.4, -0.2) is 23.4 Å². The summed E-state index contributed by atoms with van der Waals surface area (Å²) in [6.07, 6.45) is 4.36. The third-order valence-electron chi connectivity index (χ3n) is 2.93. The van der Waals surface area contributed by atoms with Crippen molar-refractivity contribution in [2.75, 3.05) is 11.9 Å². The summed E-state index contributed by atoms with van der Waals surface area (Å²) in [5.74, 6) is -0.360. The van der Waals surface area contributed by atoms with E-state index in [9.17, 15) is 4.79 Å². The first-order valence-corrected chi connectivity index (χ1v) is 6.92. The molecule has 0 saturated heterocycles. The molecule has 0 radical (unpaired) electrons. The third kappa shape index (κ3) is 3.11. The average Bonchev–Trinajstić information content (AvgIpc) is 2.76. The van der Waals surface area contributed by atoms with Crippen molar-refractivity contribution in [2.45, 2.75) is 25.2 Å². The van der Waals surface area contributed by atoms with Gasteiger partial charge >= 0.3 is 0 Å². The molecule has 102 valence electrons. The molecule has 0 spiro atoms. The van der Waals surface area contributed by atoms with E-state index in [4.69, 9.17) is 11.1 Å². The first-order chi connectivity index (χ1) is 9.11. The van der Waals surface area contributed by atoms with E-state index in [1.54, 1.807) is 6.08 Å². The molecule has 1 heterocycles. The Morgan fingerprint density at radius 1 is 1.68 bits per heavy atom. The standard InChI is InChI=1S/C12H17N5OS/c1-2-6-15-10(18)7-4-3-5-8-9(7)16-12(19-8)17-11(13)14/h2,7H,1,3-6H2,(H,15,18)(H4,13,14,16,17). The molecule has 0 aliphatic heterocycles. The Hall–Kier alpha value is -1.89. The van der Waals surface area contributed by atoms with Gasteiger partial charge in [-0.1, -0.05) is 6.08 Å². The van der Waals surface area contributed by atoms with Crippen molar-refractivity contribution in [2.24, 2.45) is 5.73 Å². The molecular formula is C12H17N5OS. The summed E-state index contributed by atoms with van der Waals surface area (Å²) >= 11 is 1.47. The van der Waals surface area contributed by atoms with Crippen LogP contribution in [0.1, 0.15) is 29.3 Å². The largest absolute Gasteiger partial charge is 0.370 e. The number of hydrogen-bond donors (Lipinski definition) is 4. The van der Waals surface area contributed by atoms with E-state index in [0.717, 1.165) is 29.8 Å². The lowest BCUT2D eigenvalue weighted by atomic mass is 9.90. The summed E-state index contributed by atoms with van der Waals surface area (Å²) in [5, 5.41) is 13.3. The molecule has 1 aromatic rings. The average molecular weight is 279 g/mol. The Labute approximate surface area is 115 Å². The fourth-order valence-corrected chi connectivity index (χ4v) is 3.22. The number of carbonyl (C=O) groups excluding carboxylic acids is 1. The normalized spacial score (nSPS) is 17.4. The Morgan fingerprint density at radius 3 is 3.16 bits per heavy atom. The lowest BCUT2D eigenvalue weighted by Crippen LogP contribution is -2.31. The van der Waals surface area contributed by atoms with E-state index in [1.807, 2.05) is 0 Å². The quantitative estimate of drug-likeness (QED) is 0.377. The minimum atomic E-state index is -0.206. The number of amides is 1. The molecule has 1 aliphatic rings. The van der Waals surface area contributed by atoms with Gasteiger partial charge in [0.2, 0.25) is 5.91 Å². The van der Waals surface area contributed by atoms with E-state index in [1.165, 1.54) is 11.3 Å². The van der Waals surface area contributed by atoms with Crippen molar-refractivity contribution in [3.8, 4) is 0 Å². The zero-order valence-corrected chi connectivity index (χ0v) is 11.3. The highest BCUT2D eigenvalue weighted by molar-refractivity contribution is 7.15. The first-order valence-electron chi connectivity index (χ1n) is 6.11. The van der Waals surface area contributed by atoms with Crippen LogP contribution in [0.5, 0.6) is 0 Å². The molecule has 19 heavy (non-hydrogen) atoms. The topological polar surface area (TPSA) is 104 Å². The number of nitrogens with one attached hydrogen (secondary N) is 3. The number of rotatable bonds is 4. The number of aryl methyl sites for hydroxylation is 1. The summed E-state index contributed by atoms with van der Waals surface area (Å²) in [6.45, 7) is 4.05. The second-order valence-corrected chi connectivity index (χ2v) is 5.43. The third-order valence-corrected chi connectivity index (χ3v) is 3.98. The lowest BCUT2D eigenvalue weighted by molar-refractivity contribution is -0.122. The number of aromatic nitrogens is 1. The highest BCUT2D eigenvalue weighted by Gasteiger charge is 2.29. The van der Waals surface area contributed by atoms with Gasteiger partial charge in [-0.15, -0.1) is 17.9 Å². The Morgan fingerprint density at radius 2 is 2.47 bits per heavy atom. The van der Waals surface area contributed by atoms with Crippen LogP contribution < -0.4 is 16.4 Å². The number of anilines is 1. The van der Waals surface area contributed by atoms with Crippen molar-refractivity contribution in [3.63, 3.8) is 0 Å². The minimum absolute atomic E-state index is 0.0134. The van der Waals surface area contributed by atoms with Crippen molar-refractivity contribution in [1.82, 2.24) is 10.3 Å². The fraction of sp³-hybridized carbons (Fsp3) is 0.417. The molecule has 1 unspecified atom stereocenters. The van der Waals surface area contributed by atoms with Gasteiger partial charge in [-0.05, 0) is 19.3 Å². The number of nitrogens with zero attached hydrogens (tertiary/aromatic N) is 1. The molecule has 0 aromatic carbocycles. The number of thiazole rings is 1. The molecule has 1 aliphatic carbocycles. The second kappa shape index (κ2) is 5.83. The van der Waals surface area contributed by atoms with Gasteiger partial charge < -0.3 is 16.4 Å². The van der Waals surface area contributed by atoms with Gasteiger partial charge in [0, 0.05) is 11.4 Å². The number of carbonyl (C=O) groups is 1. The lowest BCUT2D eigenvalue weighted by Gasteiger charge is -2.19. The summed E-state index contributed by atoms with van der Waals surface area (Å²) in [7, 11) is 0. The zero-order valence-electron chi connectivity index (χ0n) is 10.5. The molecule has 6 nitrogen and oxygen atoms in total. The van der Waals surface area contributed by atoms with Gasteiger partial charge in [0.05, 0.1) is 11.6 Å². The maximum atomic E-state index is 12.1. The van der Waals surface area contributed by atoms with Crippen LogP contribution in [0.2, 0.25) is 0 Å². The fourth-order valence-electron chi connectivity index (χ4n) is 2.14. The van der Waals surface area contributed by atoms with Crippen LogP contribution in [0.3, 0.4) is 0 Å². The maximum absolute atomic E-state index is 12.1. The Balaban J connectivity index is 2.18. The molecule has 2 rings (SSSR count). The summed E-state index contributed by atoms with van der Waals surface area (Å²) in [4.78, 5) is 17.6. The summed E-state index contributed by atoms with van der Waals surface area (Å²) in [5.41, 5.74) is 6.11. The van der Waals surface area contributed by atoms with Crippen molar-refractivity contribution in [3.05, 3.63) is 23.2 Å². The summed E-state index contributed by atoms with van der Waals surface area (Å²) in [6, 6.07) is 0. The zero-order chi connectivity index (χ0) is 13.8. The van der Waals surface area contributed by atoms with Gasteiger partial charge in [-0.2, -0.15) is 0 Å². The minimum Gasteiger partial charge on any atom is -0.370 e. The maximum Gasteiger partial charge on any atom is 0.229 e. The molecule has 0 bridgehead atoms.